The number of aryl methyl sites for hydroxylation is 1. The molecular weight excluding hydrogens is 252 g/mol. The normalized spacial score (nSPS) is 12.7. The van der Waals surface area contributed by atoms with Crippen molar-refractivity contribution in [3.63, 3.8) is 0 Å². The van der Waals surface area contributed by atoms with Crippen LogP contribution in [-0.4, -0.2) is 23.8 Å². The van der Waals surface area contributed by atoms with E-state index in [1.165, 1.54) is 0 Å². The fourth-order valence-corrected chi connectivity index (χ4v) is 1.71. The Labute approximate surface area is 113 Å². The highest BCUT2D eigenvalue weighted by Crippen LogP contribution is 2.18. The Morgan fingerprint density at radius 3 is 2.61 bits per heavy atom. The highest BCUT2D eigenvalue weighted by atomic mass is 35.5. The minimum absolute atomic E-state index is 0.313. The fourth-order valence-electron chi connectivity index (χ4n) is 1.50. The predicted octanol–water partition coefficient (Wildman–Crippen LogP) is 3.32. The van der Waals surface area contributed by atoms with E-state index in [2.05, 4.69) is 0 Å². The Kier molecular flexibility index (Phi) is 5.63. The van der Waals surface area contributed by atoms with Gasteiger partial charge in [0.1, 0.15) is 0 Å². The van der Waals surface area contributed by atoms with Crippen LogP contribution in [0.25, 0.3) is 0 Å². The number of hydrogen-bond donors (Lipinski definition) is 1. The van der Waals surface area contributed by atoms with E-state index in [4.69, 9.17) is 21.4 Å². The van der Waals surface area contributed by atoms with Gasteiger partial charge < -0.3 is 9.84 Å². The molecule has 0 bridgehead atoms. The molecular formula is C14H19ClO3. The van der Waals surface area contributed by atoms with Crippen LogP contribution in [0.3, 0.4) is 0 Å². The number of carboxylic acid groups (broad SMARTS) is 1. The van der Waals surface area contributed by atoms with E-state index < -0.39 is 12.1 Å². The highest BCUT2D eigenvalue weighted by Gasteiger charge is 2.19. The molecule has 1 N–H and O–H groups in total. The maximum atomic E-state index is 11.1. The van der Waals surface area contributed by atoms with Crippen molar-refractivity contribution in [2.24, 2.45) is 5.92 Å². The van der Waals surface area contributed by atoms with Crippen LogP contribution < -0.4 is 0 Å². The Morgan fingerprint density at radius 1 is 1.44 bits per heavy atom. The molecule has 1 unspecified atom stereocenters. The molecule has 1 atom stereocenters. The van der Waals surface area contributed by atoms with Crippen molar-refractivity contribution in [1.82, 2.24) is 0 Å². The summed E-state index contributed by atoms with van der Waals surface area (Å²) in [6.45, 7) is 6.33. The molecule has 1 aromatic carbocycles. The van der Waals surface area contributed by atoms with Crippen LogP contribution in [0, 0.1) is 12.8 Å². The topological polar surface area (TPSA) is 46.5 Å². The first-order valence-electron chi connectivity index (χ1n) is 5.99. The van der Waals surface area contributed by atoms with Crippen LogP contribution in [0.15, 0.2) is 18.2 Å². The number of rotatable bonds is 6. The number of aliphatic carboxylic acids is 1. The van der Waals surface area contributed by atoms with Crippen LogP contribution in [0.4, 0.5) is 0 Å². The van der Waals surface area contributed by atoms with Crippen molar-refractivity contribution in [1.29, 1.82) is 0 Å². The number of hydrogen-bond acceptors (Lipinski definition) is 2. The van der Waals surface area contributed by atoms with Crippen molar-refractivity contribution in [3.8, 4) is 0 Å². The lowest BCUT2D eigenvalue weighted by Crippen LogP contribution is -2.28. The Morgan fingerprint density at radius 2 is 2.11 bits per heavy atom. The summed E-state index contributed by atoms with van der Waals surface area (Å²) in [6.07, 6.45) is -0.478. The number of ether oxygens (including phenoxy) is 1. The van der Waals surface area contributed by atoms with E-state index in [0.29, 0.717) is 24.0 Å². The van der Waals surface area contributed by atoms with Crippen LogP contribution >= 0.6 is 11.6 Å². The van der Waals surface area contributed by atoms with Gasteiger partial charge in [-0.05, 0) is 30.0 Å². The molecule has 1 rings (SSSR count). The van der Waals surface area contributed by atoms with E-state index in [0.717, 1.165) is 11.1 Å². The van der Waals surface area contributed by atoms with Gasteiger partial charge in [-0.15, -0.1) is 0 Å². The van der Waals surface area contributed by atoms with E-state index in [1.807, 2.05) is 32.9 Å². The van der Waals surface area contributed by atoms with Gasteiger partial charge in [0.05, 0.1) is 6.61 Å². The number of carbonyl (C=O) groups is 1. The SMILES string of the molecule is Cc1ccc(CC(OCC(C)C)C(=O)O)cc1Cl. The Bertz CT molecular complexity index is 416. The lowest BCUT2D eigenvalue weighted by molar-refractivity contribution is -0.150. The third-order valence-electron chi connectivity index (χ3n) is 2.56. The maximum absolute atomic E-state index is 11.1. The minimum Gasteiger partial charge on any atom is -0.479 e. The van der Waals surface area contributed by atoms with Gasteiger partial charge in [0.15, 0.2) is 6.10 Å². The third-order valence-corrected chi connectivity index (χ3v) is 2.97. The molecule has 0 saturated carbocycles. The quantitative estimate of drug-likeness (QED) is 0.863. The molecule has 0 amide bonds. The first-order chi connectivity index (χ1) is 8.40. The van der Waals surface area contributed by atoms with Gasteiger partial charge in [-0.25, -0.2) is 4.79 Å². The Balaban J connectivity index is 2.70. The number of benzene rings is 1. The van der Waals surface area contributed by atoms with Crippen molar-refractivity contribution < 1.29 is 14.6 Å². The summed E-state index contributed by atoms with van der Waals surface area (Å²) in [4.78, 5) is 11.1. The second-order valence-electron chi connectivity index (χ2n) is 4.84. The minimum atomic E-state index is -0.938. The largest absolute Gasteiger partial charge is 0.479 e. The van der Waals surface area contributed by atoms with Crippen molar-refractivity contribution in [2.75, 3.05) is 6.61 Å². The zero-order valence-corrected chi connectivity index (χ0v) is 11.7. The van der Waals surface area contributed by atoms with Crippen LogP contribution in [0.2, 0.25) is 5.02 Å². The number of carboxylic acids is 1. The van der Waals surface area contributed by atoms with E-state index in [1.54, 1.807) is 6.07 Å². The summed E-state index contributed by atoms with van der Waals surface area (Å²) in [6, 6.07) is 5.57. The van der Waals surface area contributed by atoms with Gasteiger partial charge in [-0.2, -0.15) is 0 Å². The molecule has 0 aliphatic heterocycles. The molecule has 0 radical (unpaired) electrons. The van der Waals surface area contributed by atoms with E-state index >= 15 is 0 Å². The maximum Gasteiger partial charge on any atom is 0.333 e. The fraction of sp³-hybridized carbons (Fsp3) is 0.500. The molecule has 100 valence electrons. The lowest BCUT2D eigenvalue weighted by Gasteiger charge is -2.15. The highest BCUT2D eigenvalue weighted by molar-refractivity contribution is 6.31. The summed E-state index contributed by atoms with van der Waals surface area (Å²) in [5.74, 6) is -0.624. The molecule has 18 heavy (non-hydrogen) atoms. The van der Waals surface area contributed by atoms with Crippen molar-refractivity contribution in [3.05, 3.63) is 34.3 Å². The van der Waals surface area contributed by atoms with Crippen molar-refractivity contribution in [2.45, 2.75) is 33.3 Å². The Hall–Kier alpha value is -1.06. The van der Waals surface area contributed by atoms with Gasteiger partial charge in [-0.3, -0.25) is 0 Å². The lowest BCUT2D eigenvalue weighted by atomic mass is 10.1. The summed E-state index contributed by atoms with van der Waals surface area (Å²) < 4.78 is 5.40. The summed E-state index contributed by atoms with van der Waals surface area (Å²) in [5, 5.41) is 9.77. The molecule has 4 heteroatoms. The first kappa shape index (κ1) is 15.0. The molecule has 0 aromatic heterocycles. The average Bonchev–Trinajstić information content (AvgIpc) is 2.28. The van der Waals surface area contributed by atoms with Crippen LogP contribution in [-0.2, 0) is 16.0 Å². The monoisotopic (exact) mass is 270 g/mol. The molecule has 0 aliphatic rings. The smallest absolute Gasteiger partial charge is 0.333 e. The molecule has 0 fully saturated rings. The molecule has 0 spiro atoms. The second-order valence-corrected chi connectivity index (χ2v) is 5.25. The third kappa shape index (κ3) is 4.67. The molecule has 0 aliphatic carbocycles. The molecule has 0 saturated heterocycles. The van der Waals surface area contributed by atoms with Crippen molar-refractivity contribution >= 4 is 17.6 Å². The first-order valence-corrected chi connectivity index (χ1v) is 6.37. The zero-order valence-electron chi connectivity index (χ0n) is 10.9. The van der Waals surface area contributed by atoms with Gasteiger partial charge in [0.2, 0.25) is 0 Å². The standard InChI is InChI=1S/C14H19ClO3/c1-9(2)8-18-13(14(16)17)7-11-5-4-10(3)12(15)6-11/h4-6,9,13H,7-8H2,1-3H3,(H,16,17). The second kappa shape index (κ2) is 6.76. The van der Waals surface area contributed by atoms with E-state index in [9.17, 15) is 4.79 Å². The van der Waals surface area contributed by atoms with Crippen LogP contribution in [0.1, 0.15) is 25.0 Å². The number of halogens is 1. The van der Waals surface area contributed by atoms with Gasteiger partial charge in [0.25, 0.3) is 0 Å². The average molecular weight is 271 g/mol. The van der Waals surface area contributed by atoms with Gasteiger partial charge in [-0.1, -0.05) is 37.6 Å². The molecule has 0 heterocycles. The summed E-state index contributed by atoms with van der Waals surface area (Å²) in [7, 11) is 0. The summed E-state index contributed by atoms with van der Waals surface area (Å²) in [5.41, 5.74) is 1.86. The zero-order chi connectivity index (χ0) is 13.7. The van der Waals surface area contributed by atoms with Gasteiger partial charge in [0, 0.05) is 11.4 Å². The van der Waals surface area contributed by atoms with Crippen LogP contribution in [0.5, 0.6) is 0 Å². The molecule has 1 aromatic rings. The summed E-state index contributed by atoms with van der Waals surface area (Å²) >= 11 is 6.02. The molecule has 3 nitrogen and oxygen atoms in total. The van der Waals surface area contributed by atoms with E-state index in [-0.39, 0.29) is 0 Å². The predicted molar refractivity (Wildman–Crippen MR) is 72.1 cm³/mol. The van der Waals surface area contributed by atoms with Gasteiger partial charge >= 0.3 is 5.97 Å².